The maximum atomic E-state index is 14.0. The highest BCUT2D eigenvalue weighted by atomic mass is 35.5. The molecule has 1 atom stereocenters. The number of benzene rings is 4. The number of carbonyl (C=O) groups is 2. The van der Waals surface area contributed by atoms with Gasteiger partial charge in [0.15, 0.2) is 0 Å². The quantitative estimate of drug-likeness (QED) is 0.105. The van der Waals surface area contributed by atoms with Gasteiger partial charge in [0.05, 0.1) is 47.7 Å². The van der Waals surface area contributed by atoms with Crippen LogP contribution in [0.15, 0.2) is 72.8 Å². The lowest BCUT2D eigenvalue weighted by atomic mass is 10.1. The van der Waals surface area contributed by atoms with Gasteiger partial charge in [0.2, 0.25) is 5.91 Å². The van der Waals surface area contributed by atoms with Crippen LogP contribution in [0, 0.1) is 0 Å². The molecule has 2 amide bonds. The third kappa shape index (κ3) is 8.69. The van der Waals surface area contributed by atoms with Crippen molar-refractivity contribution in [2.24, 2.45) is 0 Å². The number of anilines is 2. The normalized spacial score (nSPS) is 12.2. The Kier molecular flexibility index (Phi) is 11.2. The first-order chi connectivity index (χ1) is 25.3. The number of rotatable bonds is 12. The average molecular weight is 758 g/mol. The highest BCUT2D eigenvalue weighted by Gasteiger charge is 2.25. The van der Waals surface area contributed by atoms with Crippen molar-refractivity contribution < 1.29 is 23.8 Å². The molecule has 0 fully saturated rings. The topological polar surface area (TPSA) is 127 Å². The van der Waals surface area contributed by atoms with Crippen molar-refractivity contribution in [3.63, 3.8) is 0 Å². The zero-order valence-electron chi connectivity index (χ0n) is 30.5. The molecule has 0 saturated carbocycles. The molecule has 0 bridgehead atoms. The number of ether oxygens (including phenoxy) is 3. The van der Waals surface area contributed by atoms with Gasteiger partial charge in [-0.15, -0.1) is 0 Å². The van der Waals surface area contributed by atoms with Gasteiger partial charge < -0.3 is 35.1 Å². The fraction of sp³-hybridized carbons (Fsp3) is 0.300. The monoisotopic (exact) mass is 756 g/mol. The van der Waals surface area contributed by atoms with E-state index < -0.39 is 17.7 Å². The standard InChI is InChI=1S/C40H42Cl2N6O5/c1-23(45-39(50)53-40(2,3)4)38(49)48(17-15-43-36-28-11-7-24(41)19-34(28)46-32-13-9-26(51-5)21-30(32)36)18-16-44-37-29-12-8-25(42)20-35(29)47-33-14-10-27(52-6)22-31(33)37/h7-14,19-23H,15-18H2,1-6H3,(H,43,46)(H,44,47)(H,45,50)/t23-/m0/s1. The highest BCUT2D eigenvalue weighted by molar-refractivity contribution is 6.32. The predicted octanol–water partition coefficient (Wildman–Crippen LogP) is 8.68. The smallest absolute Gasteiger partial charge is 0.408 e. The summed E-state index contributed by atoms with van der Waals surface area (Å²) in [6.07, 6.45) is -0.667. The number of aromatic nitrogens is 2. The molecule has 0 aliphatic heterocycles. The van der Waals surface area contributed by atoms with Gasteiger partial charge in [0, 0.05) is 57.8 Å². The third-order valence-electron chi connectivity index (χ3n) is 8.67. The maximum Gasteiger partial charge on any atom is 0.408 e. The van der Waals surface area contributed by atoms with Crippen molar-refractivity contribution in [3.05, 3.63) is 82.8 Å². The number of carbonyl (C=O) groups excluding carboxylic acids is 2. The number of hydrogen-bond acceptors (Lipinski definition) is 9. The molecule has 11 nitrogen and oxygen atoms in total. The van der Waals surface area contributed by atoms with Crippen LogP contribution in [0.4, 0.5) is 16.2 Å². The molecule has 2 aromatic heterocycles. The zero-order valence-corrected chi connectivity index (χ0v) is 32.0. The number of alkyl carbamates (subject to hydrolysis) is 1. The Balaban J connectivity index is 1.28. The van der Waals surface area contributed by atoms with Crippen LogP contribution < -0.4 is 25.4 Å². The minimum atomic E-state index is -0.854. The van der Waals surface area contributed by atoms with Crippen LogP contribution in [0.2, 0.25) is 10.0 Å². The summed E-state index contributed by atoms with van der Waals surface area (Å²) >= 11 is 12.7. The van der Waals surface area contributed by atoms with Crippen LogP contribution in [-0.4, -0.2) is 78.9 Å². The van der Waals surface area contributed by atoms with Crippen LogP contribution in [0.25, 0.3) is 43.6 Å². The molecule has 2 heterocycles. The second-order valence-electron chi connectivity index (χ2n) is 13.6. The van der Waals surface area contributed by atoms with Gasteiger partial charge in [0.1, 0.15) is 23.1 Å². The Labute approximate surface area is 317 Å². The highest BCUT2D eigenvalue weighted by Crippen LogP contribution is 2.35. The summed E-state index contributed by atoms with van der Waals surface area (Å²) < 4.78 is 16.5. The molecule has 276 valence electrons. The predicted molar refractivity (Wildman–Crippen MR) is 214 cm³/mol. The summed E-state index contributed by atoms with van der Waals surface area (Å²) in [6, 6.07) is 21.7. The van der Waals surface area contributed by atoms with E-state index in [-0.39, 0.29) is 5.91 Å². The van der Waals surface area contributed by atoms with E-state index in [2.05, 4.69) is 16.0 Å². The van der Waals surface area contributed by atoms with Crippen LogP contribution in [-0.2, 0) is 9.53 Å². The molecule has 0 radical (unpaired) electrons. The van der Waals surface area contributed by atoms with Gasteiger partial charge in [-0.25, -0.2) is 14.8 Å². The van der Waals surface area contributed by atoms with Crippen LogP contribution in [0.5, 0.6) is 11.5 Å². The SMILES string of the molecule is COc1ccc2nc3cc(Cl)ccc3c(NCCN(CCNc3c4ccc(Cl)cc4nc4ccc(OC)cc34)C(=O)[C@H](C)NC(=O)OC(C)(C)C)c2c1. The first-order valence-electron chi connectivity index (χ1n) is 17.2. The molecule has 0 aliphatic carbocycles. The fourth-order valence-corrected chi connectivity index (χ4v) is 6.54. The van der Waals surface area contributed by atoms with Crippen molar-refractivity contribution in [2.75, 3.05) is 51.0 Å². The Hall–Kier alpha value is -5.26. The minimum Gasteiger partial charge on any atom is -0.497 e. The van der Waals surface area contributed by atoms with Crippen molar-refractivity contribution in [1.82, 2.24) is 20.2 Å². The van der Waals surface area contributed by atoms with E-state index in [9.17, 15) is 9.59 Å². The van der Waals surface area contributed by atoms with Crippen LogP contribution in [0.3, 0.4) is 0 Å². The summed E-state index contributed by atoms with van der Waals surface area (Å²) in [4.78, 5) is 38.1. The summed E-state index contributed by atoms with van der Waals surface area (Å²) in [5.41, 5.74) is 3.98. The molecular formula is C40H42Cl2N6O5. The number of fused-ring (bicyclic) bond motifs is 4. The molecule has 13 heteroatoms. The van der Waals surface area contributed by atoms with Crippen molar-refractivity contribution in [2.45, 2.75) is 39.3 Å². The van der Waals surface area contributed by atoms with Crippen LogP contribution in [0.1, 0.15) is 27.7 Å². The van der Waals surface area contributed by atoms with E-state index in [1.54, 1.807) is 46.8 Å². The number of amides is 2. The van der Waals surface area contributed by atoms with E-state index in [0.717, 1.165) is 55.0 Å². The van der Waals surface area contributed by atoms with Crippen molar-refractivity contribution >= 4 is 90.2 Å². The molecule has 0 unspecified atom stereocenters. The second kappa shape index (κ2) is 15.8. The van der Waals surface area contributed by atoms with E-state index in [1.807, 2.05) is 72.8 Å². The number of nitrogens with zero attached hydrogens (tertiary/aromatic N) is 3. The third-order valence-corrected chi connectivity index (χ3v) is 9.14. The van der Waals surface area contributed by atoms with Crippen molar-refractivity contribution in [3.8, 4) is 11.5 Å². The summed E-state index contributed by atoms with van der Waals surface area (Å²) in [5.74, 6) is 1.11. The van der Waals surface area contributed by atoms with Gasteiger partial charge in [0.25, 0.3) is 0 Å². The molecule has 53 heavy (non-hydrogen) atoms. The number of halogens is 2. The lowest BCUT2D eigenvalue weighted by Crippen LogP contribution is -2.50. The molecule has 4 aromatic carbocycles. The summed E-state index contributed by atoms with van der Waals surface area (Å²) in [7, 11) is 3.24. The van der Waals surface area contributed by atoms with E-state index in [0.29, 0.717) is 47.7 Å². The number of nitrogens with one attached hydrogen (secondary N) is 3. The van der Waals surface area contributed by atoms with Crippen LogP contribution >= 0.6 is 23.2 Å². The molecule has 0 spiro atoms. The van der Waals surface area contributed by atoms with E-state index >= 15 is 0 Å². The first kappa shape index (κ1) is 37.5. The summed E-state index contributed by atoms with van der Waals surface area (Å²) in [5, 5.41) is 14.5. The number of methoxy groups -OCH3 is 2. The molecule has 3 N–H and O–H groups in total. The zero-order chi connectivity index (χ0) is 37.9. The number of hydrogen-bond donors (Lipinski definition) is 3. The van der Waals surface area contributed by atoms with Crippen molar-refractivity contribution in [1.29, 1.82) is 0 Å². The number of pyridine rings is 2. The second-order valence-corrected chi connectivity index (χ2v) is 14.5. The Morgan fingerprint density at radius 3 is 1.60 bits per heavy atom. The molecule has 0 saturated heterocycles. The Morgan fingerprint density at radius 2 is 1.17 bits per heavy atom. The maximum absolute atomic E-state index is 14.0. The molecule has 6 rings (SSSR count). The first-order valence-corrected chi connectivity index (χ1v) is 18.0. The molecule has 0 aliphatic rings. The molecular weight excluding hydrogens is 715 g/mol. The fourth-order valence-electron chi connectivity index (χ4n) is 6.21. The van der Waals surface area contributed by atoms with E-state index in [4.69, 9.17) is 47.4 Å². The summed E-state index contributed by atoms with van der Waals surface area (Å²) in [6.45, 7) is 8.36. The minimum absolute atomic E-state index is 0.268. The lowest BCUT2D eigenvalue weighted by molar-refractivity contribution is -0.132. The largest absolute Gasteiger partial charge is 0.497 e. The van der Waals surface area contributed by atoms with Gasteiger partial charge in [-0.1, -0.05) is 23.2 Å². The van der Waals surface area contributed by atoms with Gasteiger partial charge >= 0.3 is 6.09 Å². The van der Waals surface area contributed by atoms with Gasteiger partial charge in [-0.3, -0.25) is 4.79 Å². The lowest BCUT2D eigenvalue weighted by Gasteiger charge is -2.28. The van der Waals surface area contributed by atoms with Gasteiger partial charge in [-0.05, 0) is 100 Å². The van der Waals surface area contributed by atoms with E-state index in [1.165, 1.54) is 0 Å². The van der Waals surface area contributed by atoms with Gasteiger partial charge in [-0.2, -0.15) is 0 Å². The average Bonchev–Trinajstić information content (AvgIpc) is 3.11. The molecule has 6 aromatic rings. The Bertz CT molecular complexity index is 2190. The Morgan fingerprint density at radius 1 is 0.698 bits per heavy atom.